The van der Waals surface area contributed by atoms with Crippen molar-refractivity contribution in [3.05, 3.63) is 52.9 Å². The molecule has 3 rings (SSSR count). The van der Waals surface area contributed by atoms with Crippen molar-refractivity contribution in [3.63, 3.8) is 0 Å². The number of nitrogens with zero attached hydrogens (tertiary/aromatic N) is 3. The summed E-state index contributed by atoms with van der Waals surface area (Å²) in [5.41, 5.74) is 1.63. The molecule has 1 aromatic carbocycles. The monoisotopic (exact) mass is 373 g/mol. The molecule has 0 radical (unpaired) electrons. The molecule has 0 aliphatic carbocycles. The van der Waals surface area contributed by atoms with Crippen LogP contribution in [0, 0.1) is 0 Å². The molecule has 0 aliphatic rings. The van der Waals surface area contributed by atoms with Crippen molar-refractivity contribution in [1.82, 2.24) is 19.9 Å². The van der Waals surface area contributed by atoms with Crippen molar-refractivity contribution < 1.29 is 4.79 Å². The number of nitrogens with one attached hydrogen (secondary N) is 2. The molecule has 0 spiro atoms. The smallest absolute Gasteiger partial charge is 0.269 e. The molecule has 0 atom stereocenters. The van der Waals surface area contributed by atoms with Gasteiger partial charge in [-0.2, -0.15) is 0 Å². The van der Waals surface area contributed by atoms with Crippen LogP contribution >= 0.6 is 15.9 Å². The highest BCUT2D eigenvalue weighted by Gasteiger charge is 2.18. The summed E-state index contributed by atoms with van der Waals surface area (Å²) < 4.78 is 2.70. The highest BCUT2D eigenvalue weighted by molar-refractivity contribution is 9.10. The number of aromatic nitrogens is 3. The Bertz CT molecular complexity index is 792. The van der Waals surface area contributed by atoms with Crippen molar-refractivity contribution in [3.8, 4) is 0 Å². The minimum atomic E-state index is -0.119. The number of halogens is 1. The van der Waals surface area contributed by atoms with Gasteiger partial charge >= 0.3 is 0 Å². The van der Waals surface area contributed by atoms with Gasteiger partial charge in [-0.05, 0) is 28.1 Å². The fourth-order valence-corrected chi connectivity index (χ4v) is 3.20. The van der Waals surface area contributed by atoms with Crippen LogP contribution in [0.15, 0.2) is 47.2 Å². The number of rotatable bonds is 5. The van der Waals surface area contributed by atoms with E-state index in [-0.39, 0.29) is 5.91 Å². The van der Waals surface area contributed by atoms with E-state index in [9.17, 15) is 4.79 Å². The first-order valence-corrected chi connectivity index (χ1v) is 8.00. The summed E-state index contributed by atoms with van der Waals surface area (Å²) in [4.78, 5) is 20.6. The molecular weight excluding hydrogens is 358 g/mol. The highest BCUT2D eigenvalue weighted by Crippen LogP contribution is 2.29. The Morgan fingerprint density at radius 3 is 2.65 bits per heavy atom. The second-order valence-electron chi connectivity index (χ2n) is 4.99. The molecule has 0 unspecified atom stereocenters. The molecule has 0 aliphatic heterocycles. The van der Waals surface area contributed by atoms with Crippen molar-refractivity contribution in [1.29, 1.82) is 0 Å². The molecule has 23 heavy (non-hydrogen) atoms. The Morgan fingerprint density at radius 1 is 1.17 bits per heavy atom. The lowest BCUT2D eigenvalue weighted by molar-refractivity contribution is 0.0946. The van der Waals surface area contributed by atoms with Crippen LogP contribution in [0.25, 0.3) is 10.9 Å². The third kappa shape index (κ3) is 3.19. The van der Waals surface area contributed by atoms with E-state index in [0.717, 1.165) is 15.4 Å². The SMILES string of the molecule is Cn1c(C(=O)NCCNc2ncccn2)c(Br)c2ccccc21. The second-order valence-corrected chi connectivity index (χ2v) is 5.79. The lowest BCUT2D eigenvalue weighted by Crippen LogP contribution is -2.30. The zero-order valence-corrected chi connectivity index (χ0v) is 14.2. The van der Waals surface area contributed by atoms with Crippen molar-refractivity contribution in [2.45, 2.75) is 0 Å². The zero-order chi connectivity index (χ0) is 16.2. The number of benzene rings is 1. The standard InChI is InChI=1S/C16H16BrN5O/c1-22-12-6-3-2-5-11(12)13(17)14(22)15(23)18-9-10-21-16-19-7-4-8-20-16/h2-8H,9-10H2,1H3,(H,18,23)(H,19,20,21). The maximum atomic E-state index is 12.4. The van der Waals surface area contributed by atoms with Crippen LogP contribution in [0.1, 0.15) is 10.5 Å². The Hall–Kier alpha value is -2.41. The van der Waals surface area contributed by atoms with Gasteiger partial charge in [0.15, 0.2) is 0 Å². The van der Waals surface area contributed by atoms with Crippen molar-refractivity contribution >= 4 is 38.7 Å². The summed E-state index contributed by atoms with van der Waals surface area (Å²) in [6.07, 6.45) is 3.33. The third-order valence-corrected chi connectivity index (χ3v) is 4.32. The Labute approximate surface area is 142 Å². The van der Waals surface area contributed by atoms with Gasteiger partial charge in [-0.15, -0.1) is 0 Å². The van der Waals surface area contributed by atoms with Crippen LogP contribution < -0.4 is 10.6 Å². The molecule has 2 aromatic heterocycles. The first-order valence-electron chi connectivity index (χ1n) is 7.20. The van der Waals surface area contributed by atoms with Gasteiger partial charge in [-0.1, -0.05) is 18.2 Å². The molecule has 118 valence electrons. The molecule has 6 nitrogen and oxygen atoms in total. The van der Waals surface area contributed by atoms with Crippen molar-refractivity contribution in [2.75, 3.05) is 18.4 Å². The summed E-state index contributed by atoms with van der Waals surface area (Å²) in [7, 11) is 1.89. The molecule has 7 heteroatoms. The minimum Gasteiger partial charge on any atom is -0.352 e. The van der Waals surface area contributed by atoms with E-state index < -0.39 is 0 Å². The summed E-state index contributed by atoms with van der Waals surface area (Å²) in [6, 6.07) is 9.65. The van der Waals surface area contributed by atoms with Gasteiger partial charge in [0.1, 0.15) is 5.69 Å². The summed E-state index contributed by atoms with van der Waals surface area (Å²) in [5.74, 6) is 0.430. The van der Waals surface area contributed by atoms with Crippen LogP contribution in [-0.4, -0.2) is 33.5 Å². The predicted octanol–water partition coefficient (Wildman–Crippen LogP) is 2.57. The molecule has 0 saturated carbocycles. The van der Waals surface area contributed by atoms with E-state index in [2.05, 4.69) is 36.5 Å². The van der Waals surface area contributed by atoms with Gasteiger partial charge in [0.05, 0.1) is 4.47 Å². The Kier molecular flexibility index (Phi) is 4.57. The van der Waals surface area contributed by atoms with Gasteiger partial charge in [-0.25, -0.2) is 9.97 Å². The van der Waals surface area contributed by atoms with Crippen LogP contribution in [0.2, 0.25) is 0 Å². The van der Waals surface area contributed by atoms with E-state index in [1.807, 2.05) is 35.9 Å². The minimum absolute atomic E-state index is 0.119. The van der Waals surface area contributed by atoms with Crippen LogP contribution in [-0.2, 0) is 7.05 Å². The summed E-state index contributed by atoms with van der Waals surface area (Å²) in [6.45, 7) is 1.03. The lowest BCUT2D eigenvalue weighted by Gasteiger charge is -2.08. The normalized spacial score (nSPS) is 10.7. The van der Waals surface area contributed by atoms with Gasteiger partial charge in [0.2, 0.25) is 5.95 Å². The third-order valence-electron chi connectivity index (χ3n) is 3.52. The number of para-hydroxylation sites is 1. The van der Waals surface area contributed by atoms with Gasteiger partial charge < -0.3 is 15.2 Å². The molecule has 0 bridgehead atoms. The maximum absolute atomic E-state index is 12.4. The van der Waals surface area contributed by atoms with E-state index in [1.165, 1.54) is 0 Å². The average Bonchev–Trinajstić information content (AvgIpc) is 2.84. The largest absolute Gasteiger partial charge is 0.352 e. The number of fused-ring (bicyclic) bond motifs is 1. The first kappa shape index (κ1) is 15.5. The molecule has 1 amide bonds. The fraction of sp³-hybridized carbons (Fsp3) is 0.188. The van der Waals surface area contributed by atoms with Gasteiger partial charge in [0, 0.05) is 43.4 Å². The summed E-state index contributed by atoms with van der Waals surface area (Å²) >= 11 is 3.53. The van der Waals surface area contributed by atoms with Gasteiger partial charge in [0.25, 0.3) is 5.91 Å². The lowest BCUT2D eigenvalue weighted by atomic mass is 10.2. The number of amides is 1. The van der Waals surface area contributed by atoms with E-state index in [0.29, 0.717) is 24.7 Å². The zero-order valence-electron chi connectivity index (χ0n) is 12.6. The first-order chi connectivity index (χ1) is 11.2. The fourth-order valence-electron chi connectivity index (χ4n) is 2.42. The number of hydrogen-bond donors (Lipinski definition) is 2. The quantitative estimate of drug-likeness (QED) is 0.674. The Morgan fingerprint density at radius 2 is 1.91 bits per heavy atom. The highest BCUT2D eigenvalue weighted by atomic mass is 79.9. The van der Waals surface area contributed by atoms with E-state index in [4.69, 9.17) is 0 Å². The molecule has 2 N–H and O–H groups in total. The molecule has 2 heterocycles. The number of carbonyl (C=O) groups excluding carboxylic acids is 1. The van der Waals surface area contributed by atoms with E-state index >= 15 is 0 Å². The second kappa shape index (κ2) is 6.78. The molecule has 0 fully saturated rings. The molecule has 0 saturated heterocycles. The topological polar surface area (TPSA) is 71.8 Å². The average molecular weight is 374 g/mol. The van der Waals surface area contributed by atoms with Crippen molar-refractivity contribution in [2.24, 2.45) is 7.05 Å². The van der Waals surface area contributed by atoms with E-state index in [1.54, 1.807) is 18.5 Å². The predicted molar refractivity (Wildman–Crippen MR) is 93.5 cm³/mol. The molecule has 3 aromatic rings. The van der Waals surface area contributed by atoms with Crippen LogP contribution in [0.5, 0.6) is 0 Å². The molecular formula is C16H16BrN5O. The maximum Gasteiger partial charge on any atom is 0.269 e. The number of anilines is 1. The number of hydrogen-bond acceptors (Lipinski definition) is 4. The van der Waals surface area contributed by atoms with Crippen LogP contribution in [0.3, 0.4) is 0 Å². The van der Waals surface area contributed by atoms with Crippen LogP contribution in [0.4, 0.5) is 5.95 Å². The van der Waals surface area contributed by atoms with Gasteiger partial charge in [-0.3, -0.25) is 4.79 Å². The number of carbonyl (C=O) groups is 1. The number of aryl methyl sites for hydroxylation is 1. The Balaban J connectivity index is 1.65. The summed E-state index contributed by atoms with van der Waals surface area (Å²) in [5, 5.41) is 6.98.